The van der Waals surface area contributed by atoms with Crippen molar-refractivity contribution in [3.8, 4) is 0 Å². The second kappa shape index (κ2) is 5.65. The Bertz CT molecular complexity index is 569. The molecule has 0 unspecified atom stereocenters. The number of alkyl halides is 3. The number of sulfonamides is 1. The minimum Gasteiger partial charge on any atom is -0.480 e. The number of carbonyl (C=O) groups is 1. The number of thiophene rings is 1. The van der Waals surface area contributed by atoms with Crippen molar-refractivity contribution in [3.63, 3.8) is 0 Å². The van der Waals surface area contributed by atoms with E-state index in [0.29, 0.717) is 11.3 Å². The molecule has 1 rings (SSSR count). The highest BCUT2D eigenvalue weighted by atomic mass is 35.5. The molecule has 0 aliphatic heterocycles. The van der Waals surface area contributed by atoms with Gasteiger partial charge < -0.3 is 5.11 Å². The topological polar surface area (TPSA) is 74.7 Å². The summed E-state index contributed by atoms with van der Waals surface area (Å²) in [4.78, 5) is 10.5. The van der Waals surface area contributed by atoms with E-state index in [1.165, 1.54) is 6.07 Å². The molecule has 19 heavy (non-hydrogen) atoms. The van der Waals surface area contributed by atoms with E-state index in [9.17, 15) is 26.4 Å². The molecule has 1 aromatic rings. The quantitative estimate of drug-likeness (QED) is 0.892. The Balaban J connectivity index is 3.12. The fourth-order valence-electron chi connectivity index (χ4n) is 1.14. The average Bonchev–Trinajstić information content (AvgIpc) is 2.61. The van der Waals surface area contributed by atoms with Crippen molar-refractivity contribution in [2.75, 3.05) is 13.1 Å². The van der Waals surface area contributed by atoms with Crippen LogP contribution in [0.4, 0.5) is 13.2 Å². The Morgan fingerprint density at radius 1 is 1.42 bits per heavy atom. The number of halogens is 4. The minimum absolute atomic E-state index is 0.0702. The normalized spacial score (nSPS) is 12.9. The molecule has 0 saturated heterocycles. The maximum atomic E-state index is 12.3. The van der Waals surface area contributed by atoms with E-state index in [1.807, 2.05) is 0 Å². The highest BCUT2D eigenvalue weighted by molar-refractivity contribution is 7.91. The average molecular weight is 338 g/mol. The van der Waals surface area contributed by atoms with Crippen LogP contribution in [-0.4, -0.2) is 43.1 Å². The zero-order chi connectivity index (χ0) is 14.8. The van der Waals surface area contributed by atoms with Gasteiger partial charge in [-0.25, -0.2) is 8.42 Å². The molecule has 108 valence electrons. The summed E-state index contributed by atoms with van der Waals surface area (Å²) in [7, 11) is -4.54. The lowest BCUT2D eigenvalue weighted by Gasteiger charge is -2.20. The third-order valence-corrected chi connectivity index (χ3v) is 5.30. The minimum atomic E-state index is -4.84. The van der Waals surface area contributed by atoms with Crippen LogP contribution in [0, 0.1) is 0 Å². The summed E-state index contributed by atoms with van der Waals surface area (Å²) < 4.78 is 60.1. The smallest absolute Gasteiger partial charge is 0.402 e. The summed E-state index contributed by atoms with van der Waals surface area (Å²) in [5, 5.41) is 8.50. The third kappa shape index (κ3) is 4.64. The molecule has 0 radical (unpaired) electrons. The van der Waals surface area contributed by atoms with Crippen LogP contribution in [0.25, 0.3) is 0 Å². The molecule has 1 aromatic heterocycles. The highest BCUT2D eigenvalue weighted by Crippen LogP contribution is 2.29. The van der Waals surface area contributed by atoms with E-state index in [1.54, 1.807) is 0 Å². The van der Waals surface area contributed by atoms with Crippen LogP contribution in [0.2, 0.25) is 4.34 Å². The van der Waals surface area contributed by atoms with Crippen molar-refractivity contribution in [1.29, 1.82) is 0 Å². The molecule has 1 heterocycles. The number of carboxylic acid groups (broad SMARTS) is 1. The first-order valence-electron chi connectivity index (χ1n) is 4.56. The van der Waals surface area contributed by atoms with Gasteiger partial charge >= 0.3 is 12.1 Å². The van der Waals surface area contributed by atoms with E-state index >= 15 is 0 Å². The van der Waals surface area contributed by atoms with Gasteiger partial charge in [0.2, 0.25) is 0 Å². The maximum Gasteiger partial charge on any atom is 0.402 e. The molecule has 1 N–H and O–H groups in total. The second-order valence-corrected chi connectivity index (χ2v) is 7.22. The lowest BCUT2D eigenvalue weighted by atomic mass is 10.5. The number of rotatable bonds is 5. The standard InChI is InChI=1S/C8H7ClF3NO4S2/c9-5-1-2-7(18-5)19(16,17)13(3-6(14)15)4-8(10,11)12/h1-2H,3-4H2,(H,14,15). The summed E-state index contributed by atoms with van der Waals surface area (Å²) in [5.41, 5.74) is 0. The first-order valence-corrected chi connectivity index (χ1v) is 7.20. The van der Waals surface area contributed by atoms with Gasteiger partial charge in [-0.3, -0.25) is 4.79 Å². The Labute approximate surface area is 115 Å². The van der Waals surface area contributed by atoms with Gasteiger partial charge in [-0.2, -0.15) is 17.5 Å². The van der Waals surface area contributed by atoms with Crippen LogP contribution in [0.5, 0.6) is 0 Å². The number of carboxylic acids is 1. The first-order chi connectivity index (χ1) is 8.52. The van der Waals surface area contributed by atoms with Crippen molar-refractivity contribution in [2.45, 2.75) is 10.4 Å². The SMILES string of the molecule is O=C(O)CN(CC(F)(F)F)S(=O)(=O)c1ccc(Cl)s1. The molecule has 0 aliphatic carbocycles. The first kappa shape index (κ1) is 16.2. The number of aliphatic carboxylic acids is 1. The zero-order valence-electron chi connectivity index (χ0n) is 9.02. The lowest BCUT2D eigenvalue weighted by Crippen LogP contribution is -2.41. The third-order valence-electron chi connectivity index (χ3n) is 1.81. The predicted octanol–water partition coefficient (Wildman–Crippen LogP) is 2.04. The van der Waals surface area contributed by atoms with Crippen LogP contribution >= 0.6 is 22.9 Å². The fraction of sp³-hybridized carbons (Fsp3) is 0.375. The summed E-state index contributed by atoms with van der Waals surface area (Å²) in [6.45, 7) is -3.16. The number of nitrogens with zero attached hydrogens (tertiary/aromatic N) is 1. The second-order valence-electron chi connectivity index (χ2n) is 3.34. The molecule has 0 fully saturated rings. The molecule has 0 amide bonds. The molecule has 0 atom stereocenters. The summed E-state index contributed by atoms with van der Waals surface area (Å²) in [6.07, 6.45) is -4.84. The molecule has 0 aliphatic rings. The molecule has 11 heteroatoms. The van der Waals surface area contributed by atoms with Gasteiger partial charge in [-0.05, 0) is 12.1 Å². The van der Waals surface area contributed by atoms with Crippen LogP contribution < -0.4 is 0 Å². The Morgan fingerprint density at radius 3 is 2.37 bits per heavy atom. The van der Waals surface area contributed by atoms with E-state index < -0.39 is 39.5 Å². The Hall–Kier alpha value is -0.840. The number of hydrogen-bond acceptors (Lipinski definition) is 4. The van der Waals surface area contributed by atoms with Crippen LogP contribution in [-0.2, 0) is 14.8 Å². The van der Waals surface area contributed by atoms with Crippen LogP contribution in [0.15, 0.2) is 16.3 Å². The Kier molecular flexibility index (Phi) is 4.82. The molecular weight excluding hydrogens is 331 g/mol. The van der Waals surface area contributed by atoms with E-state index in [0.717, 1.165) is 6.07 Å². The maximum absolute atomic E-state index is 12.3. The number of hydrogen-bond donors (Lipinski definition) is 1. The fourth-order valence-corrected chi connectivity index (χ4v) is 4.15. The van der Waals surface area contributed by atoms with Gasteiger partial charge in [0.1, 0.15) is 17.3 Å². The van der Waals surface area contributed by atoms with Crippen molar-refractivity contribution >= 4 is 38.9 Å². The van der Waals surface area contributed by atoms with Gasteiger partial charge in [0.25, 0.3) is 10.0 Å². The van der Waals surface area contributed by atoms with Crippen molar-refractivity contribution < 1.29 is 31.5 Å². The van der Waals surface area contributed by atoms with E-state index in [-0.39, 0.29) is 8.64 Å². The zero-order valence-corrected chi connectivity index (χ0v) is 11.4. The molecule has 0 saturated carbocycles. The van der Waals surface area contributed by atoms with Crippen LogP contribution in [0.3, 0.4) is 0 Å². The van der Waals surface area contributed by atoms with E-state index in [2.05, 4.69) is 0 Å². The summed E-state index contributed by atoms with van der Waals surface area (Å²) in [5.74, 6) is -1.68. The molecule has 0 aromatic carbocycles. The molecule has 0 bridgehead atoms. The van der Waals surface area contributed by atoms with Gasteiger partial charge in [0.15, 0.2) is 0 Å². The van der Waals surface area contributed by atoms with Crippen molar-refractivity contribution in [2.24, 2.45) is 0 Å². The van der Waals surface area contributed by atoms with Gasteiger partial charge in [0.05, 0.1) is 4.34 Å². The summed E-state index contributed by atoms with van der Waals surface area (Å²) >= 11 is 6.06. The Morgan fingerprint density at radius 2 is 2.00 bits per heavy atom. The largest absolute Gasteiger partial charge is 0.480 e. The van der Waals surface area contributed by atoms with Crippen LogP contribution in [0.1, 0.15) is 0 Å². The predicted molar refractivity (Wildman–Crippen MR) is 61.8 cm³/mol. The van der Waals surface area contributed by atoms with Crippen molar-refractivity contribution in [1.82, 2.24) is 4.31 Å². The van der Waals surface area contributed by atoms with Gasteiger partial charge in [0, 0.05) is 0 Å². The van der Waals surface area contributed by atoms with Gasteiger partial charge in [-0.1, -0.05) is 11.6 Å². The van der Waals surface area contributed by atoms with Gasteiger partial charge in [-0.15, -0.1) is 11.3 Å². The van der Waals surface area contributed by atoms with Crippen molar-refractivity contribution in [3.05, 3.63) is 16.5 Å². The highest BCUT2D eigenvalue weighted by Gasteiger charge is 2.38. The molecular formula is C8H7ClF3NO4S2. The monoisotopic (exact) mass is 337 g/mol. The molecule has 0 spiro atoms. The molecule has 5 nitrogen and oxygen atoms in total. The van der Waals surface area contributed by atoms with E-state index in [4.69, 9.17) is 16.7 Å². The lowest BCUT2D eigenvalue weighted by molar-refractivity contribution is -0.145. The summed E-state index contributed by atoms with van der Waals surface area (Å²) in [6, 6.07) is 2.22.